The number of pyridine rings is 3. The highest BCUT2D eigenvalue weighted by Crippen LogP contribution is 2.52. The van der Waals surface area contributed by atoms with Gasteiger partial charge in [0.05, 0.1) is 96.7 Å². The normalized spacial score (nSPS) is 12.1. The number of hydrogen-bond donors (Lipinski definition) is 3. The van der Waals surface area contributed by atoms with Gasteiger partial charge in [-0.25, -0.2) is 17.6 Å². The first kappa shape index (κ1) is 71.2. The summed E-state index contributed by atoms with van der Waals surface area (Å²) in [5, 5.41) is 9.10. The van der Waals surface area contributed by atoms with Crippen LogP contribution in [0.1, 0.15) is 39.3 Å². The third-order valence-corrected chi connectivity index (χ3v) is 19.0. The Hall–Kier alpha value is -10.6. The third-order valence-electron chi connectivity index (χ3n) is 15.7. The molecule has 3 amide bonds. The Balaban J connectivity index is 0.000000161. The number of nitrogens with zero attached hydrogens (tertiary/aromatic N) is 3. The average molecular weight is 1410 g/mol. The van der Waals surface area contributed by atoms with E-state index < -0.39 is 23.3 Å². The molecule has 504 valence electrons. The Labute approximate surface area is 587 Å². The molecule has 99 heavy (non-hydrogen) atoms. The van der Waals surface area contributed by atoms with Crippen LogP contribution in [0.3, 0.4) is 0 Å². The number of aromatic nitrogens is 3. The number of methoxy groups -OCH3 is 6. The molecule has 0 fully saturated rings. The zero-order valence-corrected chi connectivity index (χ0v) is 57.3. The molecule has 0 unspecified atom stereocenters. The Bertz CT molecular complexity index is 4260. The lowest BCUT2D eigenvalue weighted by Gasteiger charge is -2.15. The summed E-state index contributed by atoms with van der Waals surface area (Å²) >= 11 is 15.5. The Morgan fingerprint density at radius 2 is 0.778 bits per heavy atom. The number of benzene rings is 6. The van der Waals surface area contributed by atoms with Crippen LogP contribution in [0, 0.1) is 23.3 Å². The van der Waals surface area contributed by atoms with Crippen molar-refractivity contribution in [1.29, 1.82) is 0 Å². The van der Waals surface area contributed by atoms with E-state index in [1.54, 1.807) is 32.4 Å². The lowest BCUT2D eigenvalue weighted by molar-refractivity contribution is -0.112. The number of carbonyl (C=O) groups is 3. The number of anilines is 3. The van der Waals surface area contributed by atoms with Crippen molar-refractivity contribution in [3.05, 3.63) is 256 Å². The van der Waals surface area contributed by atoms with Crippen molar-refractivity contribution in [2.45, 2.75) is 35.5 Å². The quantitative estimate of drug-likeness (QED) is 0.0456. The fourth-order valence-electron chi connectivity index (χ4n) is 10.7. The van der Waals surface area contributed by atoms with Crippen molar-refractivity contribution >= 4 is 96.9 Å². The van der Waals surface area contributed by atoms with Gasteiger partial charge in [0.2, 0.25) is 17.7 Å². The van der Waals surface area contributed by atoms with E-state index in [-0.39, 0.29) is 57.6 Å². The SMILES string of the molecule is C=CC(=O)Nc1cccc(-c2ccc3c(n2)CC=C3Cc2c(F)c(OC)cc(OC)c2F)c1.C=CC(=O)Nc1cccc(-c2ccc3c(n2)CC=C3Sc2c(Cl)c(OC)cc(OC)c2Cl)c1.C=CC(=O)Nc1cccc(-c2ccc3c(n2)CC=C3Sc2c(F)c(OC)cc(OC)c2F)c1. The highest BCUT2D eigenvalue weighted by atomic mass is 35.5. The monoisotopic (exact) mass is 1410 g/mol. The number of rotatable bonds is 21. The average Bonchev–Trinajstić information content (AvgIpc) is 1.75. The van der Waals surface area contributed by atoms with Crippen molar-refractivity contribution in [2.24, 2.45) is 0 Å². The summed E-state index contributed by atoms with van der Waals surface area (Å²) in [5.41, 5.74) is 12.7. The second-order valence-electron chi connectivity index (χ2n) is 21.6. The summed E-state index contributed by atoms with van der Waals surface area (Å²) < 4.78 is 90.1. The molecule has 0 spiro atoms. The molecule has 3 aliphatic carbocycles. The minimum atomic E-state index is -0.780. The zero-order chi connectivity index (χ0) is 70.6. The van der Waals surface area contributed by atoms with Crippen LogP contribution in [-0.4, -0.2) is 75.3 Å². The number of hydrogen-bond acceptors (Lipinski definition) is 14. The molecule has 3 aliphatic rings. The molecule has 0 saturated carbocycles. The van der Waals surface area contributed by atoms with Crippen LogP contribution in [0.4, 0.5) is 34.6 Å². The summed E-state index contributed by atoms with van der Waals surface area (Å²) in [6.45, 7) is 10.4. The molecular weight excluding hydrogens is 1350 g/mol. The van der Waals surface area contributed by atoms with Crippen molar-refractivity contribution in [1.82, 2.24) is 15.0 Å². The lowest BCUT2D eigenvalue weighted by Crippen LogP contribution is -2.07. The second-order valence-corrected chi connectivity index (χ2v) is 24.5. The number of ether oxygens (including phenoxy) is 6. The van der Waals surface area contributed by atoms with E-state index in [9.17, 15) is 31.9 Å². The van der Waals surface area contributed by atoms with Crippen LogP contribution in [0.25, 0.3) is 49.2 Å². The van der Waals surface area contributed by atoms with Gasteiger partial charge in [0.1, 0.15) is 11.5 Å². The highest BCUT2D eigenvalue weighted by Gasteiger charge is 2.28. The van der Waals surface area contributed by atoms with Crippen molar-refractivity contribution in [3.63, 3.8) is 0 Å². The number of nitrogens with one attached hydrogen (secondary N) is 3. The van der Waals surface area contributed by atoms with Crippen LogP contribution in [0.5, 0.6) is 34.5 Å². The standard InChI is InChI=1S/C26H22F2N2O3.C25H20Cl2N2O3S.C25H20F2N2O3S/c1-4-24(31)29-17-7-5-6-16(12-17)20-11-9-18-15(8-10-21(18)30-20)13-19-25(27)22(32-2)14-23(33-3)26(19)28;2*1-4-22(30)28-15-7-5-6-14(12-15)17-9-8-16-18(29-17)10-11-21(16)33-25-23(26)19(31-2)13-20(32-3)24(25)27/h4-9,11-12,14H,1,10,13H2,2-3H3,(H,29,31);2*4-9,11-13H,1,10H2,2-3H3,(H,28,30). The molecule has 3 heterocycles. The van der Waals surface area contributed by atoms with Crippen LogP contribution in [0.15, 0.2) is 193 Å². The number of amides is 3. The molecule has 3 N–H and O–H groups in total. The van der Waals surface area contributed by atoms with Gasteiger partial charge < -0.3 is 44.4 Å². The molecule has 6 aromatic carbocycles. The van der Waals surface area contributed by atoms with E-state index in [1.807, 2.05) is 109 Å². The molecule has 9 aromatic rings. The minimum absolute atomic E-state index is 0.0440. The molecule has 12 rings (SSSR count). The summed E-state index contributed by atoms with van der Waals surface area (Å²) in [6.07, 6.45) is 11.4. The molecule has 0 atom stereocenters. The maximum absolute atomic E-state index is 14.8. The summed E-state index contributed by atoms with van der Waals surface area (Å²) in [7, 11) is 8.39. The molecule has 0 aliphatic heterocycles. The molecule has 0 radical (unpaired) electrons. The van der Waals surface area contributed by atoms with Crippen LogP contribution >= 0.6 is 46.7 Å². The molecule has 3 aromatic heterocycles. The number of fused-ring (bicyclic) bond motifs is 3. The maximum atomic E-state index is 14.8. The zero-order valence-electron chi connectivity index (χ0n) is 54.1. The lowest BCUT2D eigenvalue weighted by atomic mass is 9.98. The minimum Gasteiger partial charge on any atom is -0.495 e. The van der Waals surface area contributed by atoms with Crippen molar-refractivity contribution in [2.75, 3.05) is 58.6 Å². The Kier molecular flexibility index (Phi) is 23.1. The van der Waals surface area contributed by atoms with Gasteiger partial charge in [-0.2, -0.15) is 0 Å². The smallest absolute Gasteiger partial charge is 0.247 e. The molecule has 0 saturated heterocycles. The number of halogens is 6. The van der Waals surface area contributed by atoms with Gasteiger partial charge >= 0.3 is 0 Å². The molecular formula is C76H62Cl2F4N6O9S2. The van der Waals surface area contributed by atoms with Gasteiger partial charge in [-0.1, -0.05) is 127 Å². The van der Waals surface area contributed by atoms with E-state index in [2.05, 4.69) is 41.8 Å². The van der Waals surface area contributed by atoms with Crippen molar-refractivity contribution < 1.29 is 60.4 Å². The first-order chi connectivity index (χ1) is 47.8. The first-order valence-electron chi connectivity index (χ1n) is 30.2. The first-order valence-corrected chi connectivity index (χ1v) is 32.6. The van der Waals surface area contributed by atoms with E-state index in [0.717, 1.165) is 89.8 Å². The van der Waals surface area contributed by atoms with Gasteiger partial charge in [0.15, 0.2) is 46.3 Å². The number of carbonyl (C=O) groups excluding carboxylic acids is 3. The topological polar surface area (TPSA) is 181 Å². The maximum Gasteiger partial charge on any atom is 0.247 e. The van der Waals surface area contributed by atoms with Gasteiger partial charge in [0.25, 0.3) is 0 Å². The second kappa shape index (κ2) is 32.2. The Morgan fingerprint density at radius 1 is 0.444 bits per heavy atom. The third kappa shape index (κ3) is 16.0. The number of thioether (sulfide) groups is 2. The molecule has 15 nitrogen and oxygen atoms in total. The summed E-state index contributed by atoms with van der Waals surface area (Å²) in [5.74, 6) is -3.22. The van der Waals surface area contributed by atoms with E-state index in [1.165, 1.54) is 70.6 Å². The Morgan fingerprint density at radius 3 is 1.15 bits per heavy atom. The van der Waals surface area contributed by atoms with E-state index >= 15 is 0 Å². The van der Waals surface area contributed by atoms with E-state index in [0.29, 0.717) is 67.7 Å². The van der Waals surface area contributed by atoms with Gasteiger partial charge in [-0.15, -0.1) is 0 Å². The predicted octanol–water partition coefficient (Wildman–Crippen LogP) is 18.1. The van der Waals surface area contributed by atoms with Crippen LogP contribution < -0.4 is 44.4 Å². The van der Waals surface area contributed by atoms with Crippen LogP contribution in [0.2, 0.25) is 10.0 Å². The fourth-order valence-corrected chi connectivity index (χ4v) is 13.6. The summed E-state index contributed by atoms with van der Waals surface area (Å²) in [4.78, 5) is 51.3. The molecule has 0 bridgehead atoms. The summed E-state index contributed by atoms with van der Waals surface area (Å²) in [6, 6.07) is 37.7. The van der Waals surface area contributed by atoms with Crippen molar-refractivity contribution in [3.8, 4) is 68.3 Å². The fraction of sp³-hybridized carbons (Fsp3) is 0.132. The van der Waals surface area contributed by atoms with Crippen LogP contribution in [-0.2, 0) is 40.1 Å². The van der Waals surface area contributed by atoms with Gasteiger partial charge in [0, 0.05) is 104 Å². The number of allylic oxidation sites excluding steroid dienone is 4. The van der Waals surface area contributed by atoms with Gasteiger partial charge in [-0.3, -0.25) is 29.3 Å². The largest absolute Gasteiger partial charge is 0.495 e. The van der Waals surface area contributed by atoms with E-state index in [4.69, 9.17) is 66.6 Å². The molecule has 23 heteroatoms. The predicted molar refractivity (Wildman–Crippen MR) is 384 cm³/mol. The highest BCUT2D eigenvalue weighted by molar-refractivity contribution is 8.08. The van der Waals surface area contributed by atoms with Gasteiger partial charge in [-0.05, 0) is 96.1 Å².